The summed E-state index contributed by atoms with van der Waals surface area (Å²) in [5, 5.41) is 15.6. The fraction of sp³-hybridized carbons (Fsp3) is 0.375. The number of nitrogens with one attached hydrogen (secondary N) is 2. The lowest BCUT2D eigenvalue weighted by molar-refractivity contribution is 0.0252. The number of pyridine rings is 1. The SMILES string of the molecule is O=C(NCCO)c1cc([C@H]2CNCCO2)nc2ccccc12. The number of carbonyl (C=O) groups excluding carboxylic acids is 1. The smallest absolute Gasteiger partial charge is 0.252 e. The highest BCUT2D eigenvalue weighted by Gasteiger charge is 2.20. The van der Waals surface area contributed by atoms with Crippen molar-refractivity contribution in [3.63, 3.8) is 0 Å². The summed E-state index contributed by atoms with van der Waals surface area (Å²) in [7, 11) is 0. The van der Waals surface area contributed by atoms with Crippen LogP contribution in [0.2, 0.25) is 0 Å². The van der Waals surface area contributed by atoms with E-state index in [9.17, 15) is 4.79 Å². The van der Waals surface area contributed by atoms with Crippen molar-refractivity contribution in [1.29, 1.82) is 0 Å². The number of ether oxygens (including phenoxy) is 1. The predicted octanol–water partition coefficient (Wildman–Crippen LogP) is 0.618. The number of carbonyl (C=O) groups is 1. The molecule has 22 heavy (non-hydrogen) atoms. The molecule has 116 valence electrons. The maximum absolute atomic E-state index is 12.3. The van der Waals surface area contributed by atoms with Crippen LogP contribution in [0.1, 0.15) is 22.2 Å². The van der Waals surface area contributed by atoms with Gasteiger partial charge in [-0.05, 0) is 12.1 Å². The number of nitrogens with zero attached hydrogens (tertiary/aromatic N) is 1. The summed E-state index contributed by atoms with van der Waals surface area (Å²) in [4.78, 5) is 17.0. The van der Waals surface area contributed by atoms with Gasteiger partial charge in [-0.25, -0.2) is 4.98 Å². The van der Waals surface area contributed by atoms with Gasteiger partial charge in [0, 0.05) is 25.0 Å². The highest BCUT2D eigenvalue weighted by Crippen LogP contribution is 2.24. The van der Waals surface area contributed by atoms with Gasteiger partial charge in [-0.3, -0.25) is 4.79 Å². The maximum Gasteiger partial charge on any atom is 0.252 e. The maximum atomic E-state index is 12.3. The van der Waals surface area contributed by atoms with Crippen molar-refractivity contribution >= 4 is 16.8 Å². The number of morpholine rings is 1. The number of rotatable bonds is 4. The number of hydrogen-bond donors (Lipinski definition) is 3. The van der Waals surface area contributed by atoms with Gasteiger partial charge in [-0.15, -0.1) is 0 Å². The van der Waals surface area contributed by atoms with Crippen LogP contribution in [0.3, 0.4) is 0 Å². The molecule has 0 unspecified atom stereocenters. The lowest BCUT2D eigenvalue weighted by Gasteiger charge is -2.24. The van der Waals surface area contributed by atoms with E-state index < -0.39 is 0 Å². The Kier molecular flexibility index (Phi) is 4.62. The van der Waals surface area contributed by atoms with Crippen molar-refractivity contribution in [3.05, 3.63) is 41.6 Å². The van der Waals surface area contributed by atoms with Crippen LogP contribution in [0.5, 0.6) is 0 Å². The topological polar surface area (TPSA) is 83.5 Å². The molecule has 1 aromatic heterocycles. The van der Waals surface area contributed by atoms with Crippen molar-refractivity contribution in [2.24, 2.45) is 0 Å². The van der Waals surface area contributed by atoms with Gasteiger partial charge in [0.25, 0.3) is 5.91 Å². The summed E-state index contributed by atoms with van der Waals surface area (Å²) in [5.41, 5.74) is 2.08. The molecule has 2 aromatic rings. The summed E-state index contributed by atoms with van der Waals surface area (Å²) < 4.78 is 5.73. The summed E-state index contributed by atoms with van der Waals surface area (Å²) in [6.45, 7) is 2.28. The number of fused-ring (bicyclic) bond motifs is 1. The third kappa shape index (κ3) is 3.09. The molecule has 0 radical (unpaired) electrons. The first-order valence-corrected chi connectivity index (χ1v) is 7.40. The number of aromatic nitrogens is 1. The summed E-state index contributed by atoms with van der Waals surface area (Å²) in [5.74, 6) is -0.210. The molecule has 1 aliphatic heterocycles. The molecule has 1 amide bonds. The lowest BCUT2D eigenvalue weighted by Crippen LogP contribution is -2.34. The van der Waals surface area contributed by atoms with E-state index in [0.717, 1.165) is 23.1 Å². The molecule has 6 heteroatoms. The van der Waals surface area contributed by atoms with E-state index in [2.05, 4.69) is 15.6 Å². The summed E-state index contributed by atoms with van der Waals surface area (Å²) in [6, 6.07) is 9.32. The van der Waals surface area contributed by atoms with E-state index in [1.807, 2.05) is 24.3 Å². The van der Waals surface area contributed by atoms with Crippen molar-refractivity contribution in [3.8, 4) is 0 Å². The van der Waals surface area contributed by atoms with Gasteiger partial charge in [0.05, 0.1) is 30.0 Å². The molecule has 1 aliphatic rings. The molecule has 3 N–H and O–H groups in total. The number of aliphatic hydroxyl groups is 1. The number of para-hydroxylation sites is 1. The second-order valence-electron chi connectivity index (χ2n) is 5.15. The van der Waals surface area contributed by atoms with Gasteiger partial charge < -0.3 is 20.5 Å². The predicted molar refractivity (Wildman–Crippen MR) is 82.7 cm³/mol. The standard InChI is InChI=1S/C16H19N3O3/c20-7-5-18-16(21)12-9-14(15-10-17-6-8-22-15)19-13-4-2-1-3-11(12)13/h1-4,9,15,17,20H,5-8,10H2,(H,18,21)/t15-/m1/s1. The van der Waals surface area contributed by atoms with Crippen LogP contribution in [0.4, 0.5) is 0 Å². The van der Waals surface area contributed by atoms with Crippen LogP contribution >= 0.6 is 0 Å². The molecule has 0 aliphatic carbocycles. The second kappa shape index (κ2) is 6.83. The zero-order valence-electron chi connectivity index (χ0n) is 12.2. The van der Waals surface area contributed by atoms with Crippen LogP contribution in [0.25, 0.3) is 10.9 Å². The van der Waals surface area contributed by atoms with Gasteiger partial charge in [-0.2, -0.15) is 0 Å². The van der Waals surface area contributed by atoms with Crippen molar-refractivity contribution < 1.29 is 14.6 Å². The molecule has 0 saturated carbocycles. The van der Waals surface area contributed by atoms with Gasteiger partial charge >= 0.3 is 0 Å². The minimum atomic E-state index is -0.210. The van der Waals surface area contributed by atoms with Crippen LogP contribution in [-0.2, 0) is 4.74 Å². The first kappa shape index (κ1) is 14.9. The van der Waals surface area contributed by atoms with Gasteiger partial charge in [0.1, 0.15) is 6.10 Å². The van der Waals surface area contributed by atoms with E-state index >= 15 is 0 Å². The van der Waals surface area contributed by atoms with Crippen LogP contribution in [0, 0.1) is 0 Å². The summed E-state index contributed by atoms with van der Waals surface area (Å²) >= 11 is 0. The van der Waals surface area contributed by atoms with Gasteiger partial charge in [-0.1, -0.05) is 18.2 Å². The minimum Gasteiger partial charge on any atom is -0.395 e. The third-order valence-electron chi connectivity index (χ3n) is 3.64. The molecular formula is C16H19N3O3. The Morgan fingerprint density at radius 2 is 2.32 bits per heavy atom. The number of aliphatic hydroxyl groups excluding tert-OH is 1. The number of amides is 1. The zero-order chi connectivity index (χ0) is 15.4. The molecule has 0 spiro atoms. The Morgan fingerprint density at radius 3 is 3.09 bits per heavy atom. The van der Waals surface area contributed by atoms with Crippen LogP contribution < -0.4 is 10.6 Å². The van der Waals surface area contributed by atoms with E-state index in [0.29, 0.717) is 18.7 Å². The van der Waals surface area contributed by atoms with Gasteiger partial charge in [0.15, 0.2) is 0 Å². The van der Waals surface area contributed by atoms with E-state index in [1.165, 1.54) is 0 Å². The molecule has 1 fully saturated rings. The largest absolute Gasteiger partial charge is 0.395 e. The number of benzene rings is 1. The molecular weight excluding hydrogens is 282 g/mol. The Balaban J connectivity index is 2.01. The Labute approximate surface area is 128 Å². The molecule has 1 atom stereocenters. The van der Waals surface area contributed by atoms with Crippen molar-refractivity contribution in [1.82, 2.24) is 15.6 Å². The average Bonchev–Trinajstić information content (AvgIpc) is 2.59. The molecule has 3 rings (SSSR count). The fourth-order valence-corrected chi connectivity index (χ4v) is 2.57. The monoisotopic (exact) mass is 301 g/mol. The quantitative estimate of drug-likeness (QED) is 0.771. The van der Waals surface area contributed by atoms with Gasteiger partial charge in [0.2, 0.25) is 0 Å². The highest BCUT2D eigenvalue weighted by atomic mass is 16.5. The number of hydrogen-bond acceptors (Lipinski definition) is 5. The van der Waals surface area contributed by atoms with E-state index in [4.69, 9.17) is 9.84 Å². The van der Waals surface area contributed by atoms with Crippen LogP contribution in [-0.4, -0.2) is 48.8 Å². The summed E-state index contributed by atoms with van der Waals surface area (Å²) in [6.07, 6.45) is -0.150. The Morgan fingerprint density at radius 1 is 1.45 bits per heavy atom. The Bertz CT molecular complexity index is 669. The first-order chi connectivity index (χ1) is 10.8. The fourth-order valence-electron chi connectivity index (χ4n) is 2.57. The third-order valence-corrected chi connectivity index (χ3v) is 3.64. The van der Waals surface area contributed by atoms with Crippen molar-refractivity contribution in [2.45, 2.75) is 6.10 Å². The highest BCUT2D eigenvalue weighted by molar-refractivity contribution is 6.06. The first-order valence-electron chi connectivity index (χ1n) is 7.40. The molecule has 0 bridgehead atoms. The minimum absolute atomic E-state index is 0.0860. The average molecular weight is 301 g/mol. The molecule has 6 nitrogen and oxygen atoms in total. The zero-order valence-corrected chi connectivity index (χ0v) is 12.2. The normalized spacial score (nSPS) is 18.3. The van der Waals surface area contributed by atoms with E-state index in [-0.39, 0.29) is 25.2 Å². The Hall–Kier alpha value is -2.02. The van der Waals surface area contributed by atoms with E-state index in [1.54, 1.807) is 6.07 Å². The molecule has 1 saturated heterocycles. The lowest BCUT2D eigenvalue weighted by atomic mass is 10.0. The van der Waals surface area contributed by atoms with Crippen LogP contribution in [0.15, 0.2) is 30.3 Å². The van der Waals surface area contributed by atoms with Crippen molar-refractivity contribution in [2.75, 3.05) is 32.8 Å². The molecule has 1 aromatic carbocycles. The molecule has 2 heterocycles. The second-order valence-corrected chi connectivity index (χ2v) is 5.15.